The molecule has 2 aromatic carbocycles. The molecule has 0 unspecified atom stereocenters. The number of anilines is 3. The fraction of sp³-hybridized carbons (Fsp3) is 0.143. The molecule has 9 nitrogen and oxygen atoms in total. The number of alkyl halides is 3. The molecule has 12 heteroatoms. The smallest absolute Gasteiger partial charge is 0.323 e. The van der Waals surface area contributed by atoms with Gasteiger partial charge >= 0.3 is 6.18 Å². The molecule has 0 bridgehead atoms. The molecule has 1 amide bonds. The first-order chi connectivity index (χ1) is 19.0. The monoisotopic (exact) mass is 545 g/mol. The van der Waals surface area contributed by atoms with E-state index in [1.807, 2.05) is 13.0 Å². The summed E-state index contributed by atoms with van der Waals surface area (Å²) in [6.07, 6.45) is -1.54. The number of rotatable bonds is 5. The largest absolute Gasteiger partial charge is 0.417 e. The van der Waals surface area contributed by atoms with Crippen LogP contribution < -0.4 is 16.2 Å². The van der Waals surface area contributed by atoms with E-state index in [2.05, 4.69) is 30.6 Å². The van der Waals surface area contributed by atoms with Gasteiger partial charge in [-0.2, -0.15) is 18.2 Å². The lowest BCUT2D eigenvalue weighted by Crippen LogP contribution is -2.22. The zero-order valence-electron chi connectivity index (χ0n) is 21.5. The van der Waals surface area contributed by atoms with E-state index in [1.54, 1.807) is 38.4 Å². The molecule has 3 heterocycles. The minimum atomic E-state index is -4.69. The first kappa shape index (κ1) is 26.5. The van der Waals surface area contributed by atoms with Crippen molar-refractivity contribution in [2.75, 3.05) is 10.6 Å². The molecule has 0 atom stereocenters. The van der Waals surface area contributed by atoms with Crippen molar-refractivity contribution in [1.29, 1.82) is 0 Å². The number of carbonyl (C=O) groups excluding carboxylic acids is 1. The lowest BCUT2D eigenvalue weighted by Gasteiger charge is -2.14. The second-order valence-corrected chi connectivity index (χ2v) is 9.02. The number of benzene rings is 2. The maximum Gasteiger partial charge on any atom is 0.417 e. The van der Waals surface area contributed by atoms with E-state index in [9.17, 15) is 22.8 Å². The van der Waals surface area contributed by atoms with E-state index in [1.165, 1.54) is 29.0 Å². The van der Waals surface area contributed by atoms with Gasteiger partial charge in [-0.25, -0.2) is 9.97 Å². The van der Waals surface area contributed by atoms with Gasteiger partial charge < -0.3 is 10.6 Å². The van der Waals surface area contributed by atoms with Gasteiger partial charge in [0, 0.05) is 24.5 Å². The van der Waals surface area contributed by atoms with E-state index >= 15 is 0 Å². The van der Waals surface area contributed by atoms with E-state index in [4.69, 9.17) is 0 Å². The Bertz CT molecular complexity index is 1830. The molecular weight excluding hydrogens is 523 g/mol. The topological polar surface area (TPSA) is 115 Å². The lowest BCUT2D eigenvalue weighted by molar-refractivity contribution is -0.137. The predicted molar refractivity (Wildman–Crippen MR) is 144 cm³/mol. The van der Waals surface area contributed by atoms with E-state index < -0.39 is 28.8 Å². The Morgan fingerprint density at radius 1 is 0.975 bits per heavy atom. The van der Waals surface area contributed by atoms with Crippen LogP contribution in [0.2, 0.25) is 0 Å². The highest BCUT2D eigenvalue weighted by molar-refractivity contribution is 6.05. The summed E-state index contributed by atoms with van der Waals surface area (Å²) in [5, 5.41) is 5.58. The molecule has 0 spiro atoms. The fourth-order valence-electron chi connectivity index (χ4n) is 4.17. The molecule has 40 heavy (non-hydrogen) atoms. The average Bonchev–Trinajstić information content (AvgIpc) is 2.93. The number of hydrogen-bond acceptors (Lipinski definition) is 7. The summed E-state index contributed by atoms with van der Waals surface area (Å²) in [4.78, 5) is 43.6. The number of nitrogens with zero attached hydrogens (tertiary/aromatic N) is 5. The van der Waals surface area contributed by atoms with Crippen molar-refractivity contribution in [2.24, 2.45) is 7.05 Å². The van der Waals surface area contributed by atoms with Crippen LogP contribution in [0, 0.1) is 13.8 Å². The van der Waals surface area contributed by atoms with Crippen LogP contribution in [0.15, 0.2) is 71.8 Å². The third-order valence-electron chi connectivity index (χ3n) is 6.29. The molecule has 0 aliphatic heterocycles. The normalized spacial score (nSPS) is 11.4. The molecule has 0 saturated heterocycles. The van der Waals surface area contributed by atoms with Crippen LogP contribution in [-0.2, 0) is 13.2 Å². The number of nitrogens with one attached hydrogen (secondary N) is 2. The van der Waals surface area contributed by atoms with Gasteiger partial charge in [-0.1, -0.05) is 18.2 Å². The van der Waals surface area contributed by atoms with Gasteiger partial charge in [0.1, 0.15) is 11.2 Å². The number of halogens is 3. The Kier molecular flexibility index (Phi) is 6.76. The van der Waals surface area contributed by atoms with Crippen LogP contribution in [0.3, 0.4) is 0 Å². The zero-order chi connectivity index (χ0) is 28.6. The quantitative estimate of drug-likeness (QED) is 0.303. The third kappa shape index (κ3) is 5.10. The first-order valence-corrected chi connectivity index (χ1v) is 12.0. The molecule has 5 aromatic rings. The summed E-state index contributed by atoms with van der Waals surface area (Å²) in [6, 6.07) is 12.8. The summed E-state index contributed by atoms with van der Waals surface area (Å²) in [5.74, 6) is -0.674. The van der Waals surface area contributed by atoms with Crippen molar-refractivity contribution < 1.29 is 18.0 Å². The summed E-state index contributed by atoms with van der Waals surface area (Å²) in [6.45, 7) is 3.59. The second kappa shape index (κ2) is 10.2. The number of hydrogen-bond donors (Lipinski definition) is 2. The van der Waals surface area contributed by atoms with Gasteiger partial charge in [0.25, 0.3) is 11.5 Å². The second-order valence-electron chi connectivity index (χ2n) is 9.02. The minimum absolute atomic E-state index is 0.0757. The first-order valence-electron chi connectivity index (χ1n) is 12.0. The van der Waals surface area contributed by atoms with Crippen molar-refractivity contribution in [2.45, 2.75) is 20.0 Å². The van der Waals surface area contributed by atoms with Crippen LogP contribution in [0.1, 0.15) is 27.2 Å². The van der Waals surface area contributed by atoms with E-state index in [0.717, 1.165) is 17.8 Å². The fourth-order valence-corrected chi connectivity index (χ4v) is 4.17. The summed E-state index contributed by atoms with van der Waals surface area (Å²) in [7, 11) is 1.55. The summed E-state index contributed by atoms with van der Waals surface area (Å²) < 4.78 is 41.6. The standard InChI is InChI=1S/C28H22F3N7O2/c1-15-10-11-17(34-25(39)18-7-4-5-8-20(18)28(29,30)31)13-19(15)23-26(40)38(3)24-22(35-23)14-33-27(37-24)36-21-9-6-12-32-16(21)2/h4-14H,1-3H3,(H,34,39)(H,33,36,37). The van der Waals surface area contributed by atoms with Gasteiger partial charge in [0.15, 0.2) is 5.65 Å². The number of fused-ring (bicyclic) bond motifs is 1. The Hall–Kier alpha value is -5.13. The Balaban J connectivity index is 1.50. The number of aryl methyl sites for hydroxylation is 3. The Labute approximate surface area is 225 Å². The molecule has 0 fully saturated rings. The Morgan fingerprint density at radius 2 is 1.75 bits per heavy atom. The molecular formula is C28H22F3N7O2. The van der Waals surface area contributed by atoms with Crippen molar-refractivity contribution >= 4 is 34.4 Å². The van der Waals surface area contributed by atoms with Crippen LogP contribution in [0.5, 0.6) is 0 Å². The number of amides is 1. The zero-order valence-corrected chi connectivity index (χ0v) is 21.5. The molecule has 202 valence electrons. The highest BCUT2D eigenvalue weighted by Crippen LogP contribution is 2.32. The predicted octanol–water partition coefficient (Wildman–Crippen LogP) is 5.42. The van der Waals surface area contributed by atoms with Gasteiger partial charge in [0.05, 0.1) is 28.7 Å². The highest BCUT2D eigenvalue weighted by atomic mass is 19.4. The van der Waals surface area contributed by atoms with Crippen LogP contribution in [-0.4, -0.2) is 30.4 Å². The molecule has 0 radical (unpaired) electrons. The van der Waals surface area contributed by atoms with Crippen molar-refractivity contribution in [3.63, 3.8) is 0 Å². The number of carbonyl (C=O) groups is 1. The van der Waals surface area contributed by atoms with Crippen LogP contribution >= 0.6 is 0 Å². The Morgan fingerprint density at radius 3 is 2.50 bits per heavy atom. The molecule has 0 aliphatic rings. The molecule has 2 N–H and O–H groups in total. The molecule has 5 rings (SSSR count). The van der Waals surface area contributed by atoms with E-state index in [0.29, 0.717) is 28.0 Å². The van der Waals surface area contributed by atoms with Gasteiger partial charge in [-0.3, -0.25) is 19.1 Å². The van der Waals surface area contributed by atoms with E-state index in [-0.39, 0.29) is 17.3 Å². The summed E-state index contributed by atoms with van der Waals surface area (Å²) >= 11 is 0. The maximum atomic E-state index is 13.4. The lowest BCUT2D eigenvalue weighted by atomic mass is 10.0. The van der Waals surface area contributed by atoms with Gasteiger partial charge in [-0.05, 0) is 55.8 Å². The number of aromatic nitrogens is 5. The van der Waals surface area contributed by atoms with Crippen LogP contribution in [0.25, 0.3) is 22.4 Å². The molecule has 0 saturated carbocycles. The van der Waals surface area contributed by atoms with Crippen molar-refractivity contribution in [3.05, 3.63) is 99.7 Å². The SMILES string of the molecule is Cc1ccc(NC(=O)c2ccccc2C(F)(F)F)cc1-c1nc2cnc(Nc3cccnc3C)nc2n(C)c1=O. The minimum Gasteiger partial charge on any atom is -0.323 e. The van der Waals surface area contributed by atoms with Crippen molar-refractivity contribution in [3.8, 4) is 11.3 Å². The number of pyridine rings is 1. The third-order valence-corrected chi connectivity index (χ3v) is 6.29. The maximum absolute atomic E-state index is 13.4. The average molecular weight is 546 g/mol. The molecule has 3 aromatic heterocycles. The summed E-state index contributed by atoms with van der Waals surface area (Å²) in [5.41, 5.74) is 1.43. The molecule has 0 aliphatic carbocycles. The van der Waals surface area contributed by atoms with Gasteiger partial charge in [0.2, 0.25) is 5.95 Å². The van der Waals surface area contributed by atoms with Crippen molar-refractivity contribution in [1.82, 2.24) is 24.5 Å². The highest BCUT2D eigenvalue weighted by Gasteiger charge is 2.34. The van der Waals surface area contributed by atoms with Crippen LogP contribution in [0.4, 0.5) is 30.5 Å². The van der Waals surface area contributed by atoms with Gasteiger partial charge in [-0.15, -0.1) is 0 Å².